The fourth-order valence-electron chi connectivity index (χ4n) is 9.41. The van der Waals surface area contributed by atoms with Crippen molar-refractivity contribution in [3.8, 4) is 0 Å². The van der Waals surface area contributed by atoms with E-state index in [-0.39, 0.29) is 54.9 Å². The Balaban J connectivity index is 1.28. The summed E-state index contributed by atoms with van der Waals surface area (Å²) in [5.41, 5.74) is 0.835. The van der Waals surface area contributed by atoms with Crippen LogP contribution in [-0.2, 0) is 20.7 Å². The van der Waals surface area contributed by atoms with Crippen molar-refractivity contribution in [3.63, 3.8) is 0 Å². The number of ether oxygens (including phenoxy) is 1. The summed E-state index contributed by atoms with van der Waals surface area (Å²) in [4.78, 5) is 24.5. The largest absolute Gasteiger partial charge is 0.458 e. The average Bonchev–Trinajstić information content (AvgIpc) is 3.45. The van der Waals surface area contributed by atoms with Crippen LogP contribution in [0.25, 0.3) is 0 Å². The van der Waals surface area contributed by atoms with E-state index in [4.69, 9.17) is 4.74 Å². The molecule has 4 fully saturated rings. The fraction of sp³-hybridized carbons (Fsp3) is 0.645. The fourth-order valence-corrected chi connectivity index (χ4v) is 9.41. The number of cyclic esters (lactones) is 1. The molecule has 1 aromatic carbocycles. The molecule has 1 heterocycles. The number of aliphatic hydroxyl groups is 3. The van der Waals surface area contributed by atoms with E-state index < -0.39 is 28.1 Å². The Morgan fingerprint density at radius 3 is 2.58 bits per heavy atom. The number of nitrogens with one attached hydrogen (secondary N) is 1. The van der Waals surface area contributed by atoms with Gasteiger partial charge < -0.3 is 20.1 Å². The highest BCUT2D eigenvalue weighted by Crippen LogP contribution is 2.70. The SMILES string of the molecule is CC12CC[C@H]3[C@@H](CCC4(O)C[C@H](O)CCC34/C=N/NC(=O)Cc3ccc(F)cc3)C1(O)CCC2C1=CC(=O)OC1. The zero-order valence-corrected chi connectivity index (χ0v) is 22.9. The van der Waals surface area contributed by atoms with Crippen molar-refractivity contribution in [1.29, 1.82) is 0 Å². The Morgan fingerprint density at radius 2 is 1.85 bits per heavy atom. The Kier molecular flexibility index (Phi) is 6.71. The van der Waals surface area contributed by atoms with Crippen LogP contribution < -0.4 is 5.43 Å². The number of aliphatic hydroxyl groups excluding tert-OH is 1. The van der Waals surface area contributed by atoms with E-state index in [9.17, 15) is 29.3 Å². The van der Waals surface area contributed by atoms with Crippen molar-refractivity contribution >= 4 is 18.1 Å². The molecule has 4 aliphatic carbocycles. The first-order valence-electron chi connectivity index (χ1n) is 14.6. The van der Waals surface area contributed by atoms with Crippen LogP contribution in [0.3, 0.4) is 0 Å². The smallest absolute Gasteiger partial charge is 0.331 e. The number of amides is 1. The van der Waals surface area contributed by atoms with Crippen molar-refractivity contribution in [3.05, 3.63) is 47.3 Å². The third kappa shape index (κ3) is 4.15. The molecular formula is C31H39FN2O6. The van der Waals surface area contributed by atoms with Gasteiger partial charge >= 0.3 is 5.97 Å². The van der Waals surface area contributed by atoms with Gasteiger partial charge in [0.15, 0.2) is 0 Å². The second kappa shape index (κ2) is 9.74. The first kappa shape index (κ1) is 27.5. The lowest BCUT2D eigenvalue weighted by Crippen LogP contribution is -2.68. The monoisotopic (exact) mass is 554 g/mol. The number of nitrogens with zero attached hydrogens (tertiary/aromatic N) is 1. The predicted octanol–water partition coefficient (Wildman–Crippen LogP) is 3.18. The lowest BCUT2D eigenvalue weighted by molar-refractivity contribution is -0.237. The Labute approximate surface area is 233 Å². The van der Waals surface area contributed by atoms with Gasteiger partial charge in [-0.1, -0.05) is 19.1 Å². The molecule has 0 radical (unpaired) electrons. The second-order valence-electron chi connectivity index (χ2n) is 13.1. The molecule has 40 heavy (non-hydrogen) atoms. The number of carbonyl (C=O) groups excluding carboxylic acids is 2. The van der Waals surface area contributed by atoms with Crippen molar-refractivity contribution in [1.82, 2.24) is 5.43 Å². The predicted molar refractivity (Wildman–Crippen MR) is 144 cm³/mol. The van der Waals surface area contributed by atoms with Gasteiger partial charge in [0.2, 0.25) is 5.91 Å². The first-order chi connectivity index (χ1) is 19.0. The van der Waals surface area contributed by atoms with E-state index in [1.807, 2.05) is 0 Å². The minimum absolute atomic E-state index is 0.0429. The molecular weight excluding hydrogens is 515 g/mol. The number of esters is 1. The zero-order valence-electron chi connectivity index (χ0n) is 22.9. The number of hydrazone groups is 1. The number of halogens is 1. The van der Waals surface area contributed by atoms with Crippen LogP contribution in [-0.4, -0.2) is 57.3 Å². The Hall–Kier alpha value is -2.62. The summed E-state index contributed by atoms with van der Waals surface area (Å²) in [5.74, 6) is -1.14. The summed E-state index contributed by atoms with van der Waals surface area (Å²) in [5, 5.41) is 39.5. The molecule has 6 rings (SSSR count). The second-order valence-corrected chi connectivity index (χ2v) is 13.1. The minimum atomic E-state index is -1.20. The maximum absolute atomic E-state index is 13.2. The summed E-state index contributed by atoms with van der Waals surface area (Å²) in [6, 6.07) is 5.73. The summed E-state index contributed by atoms with van der Waals surface area (Å²) < 4.78 is 18.5. The number of fused-ring (bicyclic) bond motifs is 5. The van der Waals surface area contributed by atoms with Gasteiger partial charge in [0.05, 0.1) is 23.7 Å². The molecule has 0 saturated heterocycles. The number of hydrogen-bond acceptors (Lipinski definition) is 7. The summed E-state index contributed by atoms with van der Waals surface area (Å²) >= 11 is 0. The molecule has 0 spiro atoms. The number of hydrogen-bond donors (Lipinski definition) is 4. The van der Waals surface area contributed by atoms with Crippen LogP contribution >= 0.6 is 0 Å². The van der Waals surface area contributed by atoms with E-state index in [0.717, 1.165) is 24.8 Å². The normalized spacial score (nSPS) is 42.5. The molecule has 1 aromatic rings. The lowest BCUT2D eigenvalue weighted by Gasteiger charge is -2.65. The van der Waals surface area contributed by atoms with Crippen molar-refractivity contribution in [2.45, 2.75) is 88.4 Å². The van der Waals surface area contributed by atoms with Gasteiger partial charge in [-0.2, -0.15) is 5.10 Å². The number of carbonyl (C=O) groups is 2. The zero-order chi connectivity index (χ0) is 28.3. The van der Waals surface area contributed by atoms with Crippen LogP contribution in [0.5, 0.6) is 0 Å². The first-order valence-corrected chi connectivity index (χ1v) is 14.6. The number of rotatable bonds is 5. The van der Waals surface area contributed by atoms with E-state index in [1.54, 1.807) is 24.4 Å². The molecule has 8 nitrogen and oxygen atoms in total. The topological polar surface area (TPSA) is 128 Å². The molecule has 0 aromatic heterocycles. The van der Waals surface area contributed by atoms with Crippen LogP contribution in [0.4, 0.5) is 4.39 Å². The van der Waals surface area contributed by atoms with E-state index in [0.29, 0.717) is 37.7 Å². The molecule has 0 bridgehead atoms. The molecule has 4 saturated carbocycles. The standard InChI is InChI=1S/C31H39FN2O6/c1-28-10-7-24-25(31(28,39)13-9-23(28)20-15-27(37)40-17-20)8-12-30(38)16-22(35)6-11-29(24,30)18-33-34-26(36)14-19-2-4-21(32)5-3-19/h2-5,15,18,22-25,35,38-39H,6-14,16-17H2,1H3,(H,34,36)/b33-18+/t22-,23?,24+,25-,28?,29?,30?,31?/m1/s1. The highest BCUT2D eigenvalue weighted by molar-refractivity contribution is 5.85. The molecule has 216 valence electrons. The van der Waals surface area contributed by atoms with Crippen molar-refractivity contribution in [2.75, 3.05) is 6.61 Å². The van der Waals surface area contributed by atoms with Crippen molar-refractivity contribution in [2.24, 2.45) is 33.7 Å². The molecule has 9 heteroatoms. The lowest BCUT2D eigenvalue weighted by atomic mass is 9.41. The van der Waals surface area contributed by atoms with Gasteiger partial charge in [0.25, 0.3) is 0 Å². The average molecular weight is 555 g/mol. The highest BCUT2D eigenvalue weighted by atomic mass is 19.1. The quantitative estimate of drug-likeness (QED) is 0.252. The van der Waals surface area contributed by atoms with E-state index >= 15 is 0 Å². The molecule has 1 amide bonds. The van der Waals surface area contributed by atoms with Gasteiger partial charge in [0, 0.05) is 29.5 Å². The molecule has 8 atom stereocenters. The Bertz CT molecular complexity index is 1250. The van der Waals surface area contributed by atoms with Gasteiger partial charge in [-0.15, -0.1) is 0 Å². The van der Waals surface area contributed by atoms with Crippen LogP contribution in [0.15, 0.2) is 41.0 Å². The third-order valence-corrected chi connectivity index (χ3v) is 11.4. The molecule has 4 N–H and O–H groups in total. The van der Waals surface area contributed by atoms with Crippen LogP contribution in [0, 0.1) is 34.4 Å². The third-order valence-electron chi connectivity index (χ3n) is 11.4. The Morgan fingerprint density at radius 1 is 1.10 bits per heavy atom. The maximum Gasteiger partial charge on any atom is 0.331 e. The van der Waals surface area contributed by atoms with Gasteiger partial charge in [-0.25, -0.2) is 14.6 Å². The van der Waals surface area contributed by atoms with Gasteiger partial charge in [-0.05, 0) is 92.4 Å². The molecule has 5 unspecified atom stereocenters. The van der Waals surface area contributed by atoms with Crippen molar-refractivity contribution < 1.29 is 34.0 Å². The highest BCUT2D eigenvalue weighted by Gasteiger charge is 2.71. The summed E-state index contributed by atoms with van der Waals surface area (Å²) in [6.07, 6.45) is 7.91. The van der Waals surface area contributed by atoms with Crippen LogP contribution in [0.2, 0.25) is 0 Å². The van der Waals surface area contributed by atoms with E-state index in [2.05, 4.69) is 17.5 Å². The van der Waals surface area contributed by atoms with Gasteiger partial charge in [0.1, 0.15) is 12.4 Å². The maximum atomic E-state index is 13.2. The molecule has 5 aliphatic rings. The van der Waals surface area contributed by atoms with E-state index in [1.165, 1.54) is 12.1 Å². The number of benzene rings is 1. The van der Waals surface area contributed by atoms with Gasteiger partial charge in [-0.3, -0.25) is 4.79 Å². The summed E-state index contributed by atoms with van der Waals surface area (Å²) in [7, 11) is 0. The molecule has 1 aliphatic heterocycles. The van der Waals surface area contributed by atoms with Crippen LogP contribution in [0.1, 0.15) is 70.3 Å². The minimum Gasteiger partial charge on any atom is -0.458 e. The summed E-state index contributed by atoms with van der Waals surface area (Å²) in [6.45, 7) is 2.43.